The molecule has 1 aliphatic rings. The summed E-state index contributed by atoms with van der Waals surface area (Å²) < 4.78 is 5.87. The third-order valence-corrected chi connectivity index (χ3v) is 6.73. The predicted octanol–water partition coefficient (Wildman–Crippen LogP) is 5.46. The molecule has 2 aromatic carbocycles. The number of ether oxygens (including phenoxy) is 1. The van der Waals surface area contributed by atoms with Gasteiger partial charge < -0.3 is 19.8 Å². The lowest BCUT2D eigenvalue weighted by Gasteiger charge is -2.18. The molecule has 0 bridgehead atoms. The Morgan fingerprint density at radius 3 is 2.19 bits per heavy atom. The smallest absolute Gasteiger partial charge is 0.257 e. The van der Waals surface area contributed by atoms with Crippen LogP contribution in [-0.2, 0) is 12.8 Å². The number of phenolic OH excluding ortho intramolecular Hbond substituents is 2. The fourth-order valence-electron chi connectivity index (χ4n) is 4.40. The van der Waals surface area contributed by atoms with Gasteiger partial charge in [-0.1, -0.05) is 33.3 Å². The molecule has 1 aliphatic heterocycles. The Morgan fingerprint density at radius 1 is 0.946 bits per heavy atom. The number of hydrogen-bond acceptors (Lipinski definition) is 6. The van der Waals surface area contributed by atoms with E-state index < -0.39 is 0 Å². The van der Waals surface area contributed by atoms with Crippen LogP contribution in [0.15, 0.2) is 30.3 Å². The zero-order valence-corrected chi connectivity index (χ0v) is 23.2. The second-order valence-corrected chi connectivity index (χ2v) is 9.56. The summed E-state index contributed by atoms with van der Waals surface area (Å²) in [6, 6.07) is 8.80. The van der Waals surface area contributed by atoms with Crippen LogP contribution < -0.4 is 4.74 Å². The van der Waals surface area contributed by atoms with Crippen molar-refractivity contribution in [1.82, 2.24) is 9.80 Å². The lowest BCUT2D eigenvalue weighted by Crippen LogP contribution is -2.27. The number of carbonyl (C=O) groups is 2. The van der Waals surface area contributed by atoms with E-state index in [1.165, 1.54) is 54.9 Å². The Kier molecular flexibility index (Phi) is 12.4. The van der Waals surface area contributed by atoms with Crippen LogP contribution in [0.4, 0.5) is 0 Å². The summed E-state index contributed by atoms with van der Waals surface area (Å²) in [7, 11) is 1.64. The Morgan fingerprint density at radius 2 is 1.59 bits per heavy atom. The Balaban J connectivity index is 0.000000260. The van der Waals surface area contributed by atoms with Crippen molar-refractivity contribution in [2.75, 3.05) is 39.8 Å². The van der Waals surface area contributed by atoms with Gasteiger partial charge in [0.15, 0.2) is 5.78 Å². The van der Waals surface area contributed by atoms with E-state index in [2.05, 4.69) is 36.9 Å². The monoisotopic (exact) mass is 512 g/mol. The van der Waals surface area contributed by atoms with Crippen molar-refractivity contribution in [2.45, 2.75) is 66.2 Å². The number of hydrogen-bond donors (Lipinski definition) is 2. The number of carbonyl (C=O) groups excluding carboxylic acids is 2. The lowest BCUT2D eigenvalue weighted by atomic mass is 10.0. The van der Waals surface area contributed by atoms with Crippen LogP contribution in [0.1, 0.15) is 85.2 Å². The molecule has 0 aliphatic carbocycles. The third kappa shape index (κ3) is 9.08. The number of likely N-dealkylation sites (tertiary alicyclic amines) is 1. The summed E-state index contributed by atoms with van der Waals surface area (Å²) >= 11 is 0. The first-order valence-electron chi connectivity index (χ1n) is 13.5. The van der Waals surface area contributed by atoms with E-state index in [0.29, 0.717) is 6.54 Å². The van der Waals surface area contributed by atoms with E-state index in [9.17, 15) is 19.8 Å². The van der Waals surface area contributed by atoms with E-state index in [4.69, 9.17) is 4.74 Å². The number of unbranched alkanes of at least 4 members (excludes halogenated alkanes) is 1. The summed E-state index contributed by atoms with van der Waals surface area (Å²) in [6.45, 7) is 12.7. The predicted molar refractivity (Wildman–Crippen MR) is 148 cm³/mol. The molecule has 1 saturated heterocycles. The van der Waals surface area contributed by atoms with Crippen molar-refractivity contribution in [1.29, 1.82) is 0 Å². The molecule has 0 atom stereocenters. The first kappa shape index (κ1) is 30.2. The van der Waals surface area contributed by atoms with Crippen molar-refractivity contribution in [3.8, 4) is 17.2 Å². The molecule has 0 spiro atoms. The Bertz CT molecular complexity index is 1030. The molecule has 0 aromatic heterocycles. The molecule has 1 amide bonds. The average Bonchev–Trinajstić information content (AvgIpc) is 3.40. The Hall–Kier alpha value is -3.06. The quantitative estimate of drug-likeness (QED) is 0.389. The largest absolute Gasteiger partial charge is 0.507 e. The zero-order chi connectivity index (χ0) is 27.4. The number of nitrogens with zero attached hydrogens (tertiary/aromatic N) is 2. The number of amides is 1. The van der Waals surface area contributed by atoms with Gasteiger partial charge in [0.05, 0.1) is 11.1 Å². The average molecular weight is 513 g/mol. The molecule has 2 aromatic rings. The molecular formula is C30H44N2O5. The number of aryl methyl sites for hydroxylation is 2. The van der Waals surface area contributed by atoms with Gasteiger partial charge in [0.1, 0.15) is 23.9 Å². The van der Waals surface area contributed by atoms with Crippen LogP contribution in [-0.4, -0.2) is 71.5 Å². The number of Topliss-reactive ketones (excluding diaryl/α,β-unsaturated/α-hetero) is 1. The number of ketones is 1. The van der Waals surface area contributed by atoms with Crippen LogP contribution in [0.25, 0.3) is 0 Å². The van der Waals surface area contributed by atoms with Crippen LogP contribution >= 0.6 is 0 Å². The van der Waals surface area contributed by atoms with Gasteiger partial charge in [0, 0.05) is 26.2 Å². The van der Waals surface area contributed by atoms with Gasteiger partial charge in [0.25, 0.3) is 5.91 Å². The van der Waals surface area contributed by atoms with E-state index in [1.54, 1.807) is 7.05 Å². The first-order chi connectivity index (χ1) is 17.7. The van der Waals surface area contributed by atoms with Gasteiger partial charge in [0.2, 0.25) is 0 Å². The van der Waals surface area contributed by atoms with Gasteiger partial charge in [-0.25, -0.2) is 0 Å². The highest BCUT2D eigenvalue weighted by Gasteiger charge is 2.20. The number of aromatic hydroxyl groups is 2. The maximum atomic E-state index is 12.1. The second-order valence-electron chi connectivity index (χ2n) is 9.56. The highest BCUT2D eigenvalue weighted by Crippen LogP contribution is 2.28. The van der Waals surface area contributed by atoms with Crippen LogP contribution in [0.2, 0.25) is 0 Å². The van der Waals surface area contributed by atoms with Crippen molar-refractivity contribution in [3.63, 3.8) is 0 Å². The van der Waals surface area contributed by atoms with E-state index in [0.717, 1.165) is 50.7 Å². The van der Waals surface area contributed by atoms with Gasteiger partial charge >= 0.3 is 0 Å². The first-order valence-corrected chi connectivity index (χ1v) is 13.5. The zero-order valence-electron chi connectivity index (χ0n) is 23.2. The molecule has 7 heteroatoms. The molecule has 1 heterocycles. The topological polar surface area (TPSA) is 90.3 Å². The van der Waals surface area contributed by atoms with Crippen LogP contribution in [0.3, 0.4) is 0 Å². The molecule has 0 unspecified atom stereocenters. The van der Waals surface area contributed by atoms with Crippen LogP contribution in [0.5, 0.6) is 17.2 Å². The third-order valence-electron chi connectivity index (χ3n) is 6.73. The van der Waals surface area contributed by atoms with E-state index >= 15 is 0 Å². The van der Waals surface area contributed by atoms with Crippen molar-refractivity contribution in [3.05, 3.63) is 52.6 Å². The SMILES string of the molecule is CCCCN(C)C(=O)c1cc(C(C)=O)c(O)cc1O.CCc1ccc(OCCN2CCCC2)cc1CC. The molecule has 2 N–H and O–H groups in total. The maximum Gasteiger partial charge on any atom is 0.257 e. The summed E-state index contributed by atoms with van der Waals surface area (Å²) in [6.07, 6.45) is 6.72. The van der Waals surface area contributed by atoms with E-state index in [1.807, 2.05) is 6.92 Å². The van der Waals surface area contributed by atoms with Gasteiger partial charge in [-0.05, 0) is 81.4 Å². The molecule has 1 fully saturated rings. The second kappa shape index (κ2) is 15.3. The maximum absolute atomic E-state index is 12.1. The fourth-order valence-corrected chi connectivity index (χ4v) is 4.40. The number of benzene rings is 2. The van der Waals surface area contributed by atoms with Gasteiger partial charge in [-0.3, -0.25) is 14.5 Å². The normalized spacial score (nSPS) is 13.1. The molecular weight excluding hydrogens is 468 g/mol. The molecule has 0 radical (unpaired) electrons. The summed E-state index contributed by atoms with van der Waals surface area (Å²) in [4.78, 5) is 27.4. The summed E-state index contributed by atoms with van der Waals surface area (Å²) in [5.41, 5.74) is 2.94. The highest BCUT2D eigenvalue weighted by molar-refractivity contribution is 6.03. The summed E-state index contributed by atoms with van der Waals surface area (Å²) in [5, 5.41) is 19.3. The highest BCUT2D eigenvalue weighted by atomic mass is 16.5. The molecule has 0 saturated carbocycles. The van der Waals surface area contributed by atoms with Gasteiger partial charge in [-0.2, -0.15) is 0 Å². The summed E-state index contributed by atoms with van der Waals surface area (Å²) in [5.74, 6) is -0.340. The number of rotatable bonds is 11. The molecule has 37 heavy (non-hydrogen) atoms. The van der Waals surface area contributed by atoms with Gasteiger partial charge in [-0.15, -0.1) is 0 Å². The van der Waals surface area contributed by atoms with Crippen LogP contribution in [0, 0.1) is 0 Å². The minimum atomic E-state index is -0.367. The minimum Gasteiger partial charge on any atom is -0.507 e. The van der Waals surface area contributed by atoms with E-state index in [-0.39, 0.29) is 34.3 Å². The molecule has 3 rings (SSSR count). The lowest BCUT2D eigenvalue weighted by molar-refractivity contribution is 0.0790. The molecule has 7 nitrogen and oxygen atoms in total. The Labute approximate surface area is 222 Å². The number of phenols is 2. The minimum absolute atomic E-state index is 0.0293. The fraction of sp³-hybridized carbons (Fsp3) is 0.533. The standard InChI is InChI=1S/C16H25NO.C14H19NO4/c1-3-14-7-8-16(13-15(14)4-2)18-12-11-17-9-5-6-10-17;1-4-5-6-15(3)14(19)11-7-10(9(2)16)12(17)8-13(11)18/h7-8,13H,3-6,9-12H2,1-2H3;7-8,17-18H,4-6H2,1-3H3. The van der Waals surface area contributed by atoms with Crippen molar-refractivity contribution >= 4 is 11.7 Å². The van der Waals surface area contributed by atoms with Crippen molar-refractivity contribution in [2.24, 2.45) is 0 Å². The van der Waals surface area contributed by atoms with Crippen molar-refractivity contribution < 1.29 is 24.5 Å². The molecule has 204 valence electrons.